The highest BCUT2D eigenvalue weighted by Gasteiger charge is 2.43. The summed E-state index contributed by atoms with van der Waals surface area (Å²) in [4.78, 5) is 27.7. The summed E-state index contributed by atoms with van der Waals surface area (Å²) in [5, 5.41) is 13.3. The highest BCUT2D eigenvalue weighted by molar-refractivity contribution is 7.89. The smallest absolute Gasteiger partial charge is 0.285 e. The molecule has 216 valence electrons. The first kappa shape index (κ1) is 30.0. The number of pyridine rings is 1. The molecule has 2 aromatic rings. The molecule has 1 fully saturated rings. The molecule has 0 spiro atoms. The minimum absolute atomic E-state index is 0.113. The average Bonchev–Trinajstić information content (AvgIpc) is 2.83. The van der Waals surface area contributed by atoms with Crippen LogP contribution in [0.3, 0.4) is 0 Å². The first-order chi connectivity index (χ1) is 18.7. The number of hydrogen-bond acceptors (Lipinski definition) is 10. The molecule has 0 radical (unpaired) electrons. The van der Waals surface area contributed by atoms with E-state index in [2.05, 4.69) is 14.8 Å². The number of hydrogen-bond donors (Lipinski definition) is 2. The summed E-state index contributed by atoms with van der Waals surface area (Å²) in [5.74, 6) is -2.59. The van der Waals surface area contributed by atoms with Gasteiger partial charge in [0.2, 0.25) is 15.9 Å². The lowest BCUT2D eigenvalue weighted by Crippen LogP contribution is -2.57. The number of nitrogens with one attached hydrogen (secondary N) is 1. The maximum absolute atomic E-state index is 13.2. The third-order valence-electron chi connectivity index (χ3n) is 5.86. The fraction of sp³-hybridized carbons (Fsp3) is 0.391. The molecule has 1 aliphatic heterocycles. The highest BCUT2D eigenvalue weighted by atomic mass is 35.5. The van der Waals surface area contributed by atoms with Crippen LogP contribution in [-0.4, -0.2) is 67.9 Å². The summed E-state index contributed by atoms with van der Waals surface area (Å²) in [6.07, 6.45) is -3.14. The number of aliphatic hydroxyl groups is 1. The van der Waals surface area contributed by atoms with Crippen LogP contribution in [0.1, 0.15) is 26.2 Å². The molecular weight excluding hydrogens is 601 g/mol. The number of alkyl halides is 2. The summed E-state index contributed by atoms with van der Waals surface area (Å²) < 4.78 is 71.2. The number of carbonyl (C=O) groups is 2. The van der Waals surface area contributed by atoms with Crippen molar-refractivity contribution in [1.29, 1.82) is 0 Å². The van der Waals surface area contributed by atoms with Crippen molar-refractivity contribution in [3.05, 3.63) is 34.4 Å². The van der Waals surface area contributed by atoms with Gasteiger partial charge in [-0.15, -0.1) is 0 Å². The van der Waals surface area contributed by atoms with Crippen molar-refractivity contribution < 1.29 is 46.1 Å². The van der Waals surface area contributed by atoms with Gasteiger partial charge < -0.3 is 19.3 Å². The van der Waals surface area contributed by atoms with E-state index in [0.717, 1.165) is 24.4 Å². The van der Waals surface area contributed by atoms with E-state index in [1.165, 1.54) is 7.11 Å². The minimum Gasteiger partial charge on any atom is -0.465 e. The Morgan fingerprint density at radius 3 is 2.45 bits per heavy atom. The molecule has 1 aromatic heterocycles. The maximum Gasteiger partial charge on any atom is 0.285 e. The van der Waals surface area contributed by atoms with Crippen LogP contribution in [0.5, 0.6) is 17.4 Å². The number of benzene rings is 1. The van der Waals surface area contributed by atoms with Gasteiger partial charge in [-0.2, -0.15) is 10.1 Å². The van der Waals surface area contributed by atoms with Gasteiger partial charge in [0.1, 0.15) is 4.90 Å². The van der Waals surface area contributed by atoms with E-state index in [1.807, 2.05) is 0 Å². The number of nitrogens with zero attached hydrogens (tertiary/aromatic N) is 3. The number of anilines is 1. The van der Waals surface area contributed by atoms with Crippen molar-refractivity contribution in [3.63, 3.8) is 0 Å². The number of ketones is 1. The average molecular weight is 623 g/mol. The van der Waals surface area contributed by atoms with Gasteiger partial charge in [-0.1, -0.05) is 23.2 Å². The molecule has 40 heavy (non-hydrogen) atoms. The van der Waals surface area contributed by atoms with Crippen molar-refractivity contribution in [2.24, 2.45) is 5.10 Å². The molecule has 0 saturated heterocycles. The lowest BCUT2D eigenvalue weighted by atomic mass is 9.77. The molecule has 1 aliphatic carbocycles. The number of Topliss-reactive ketones (excluding diaryl/α,β-unsaturated/α-hetero) is 1. The predicted molar refractivity (Wildman–Crippen MR) is 138 cm³/mol. The third kappa shape index (κ3) is 6.34. The van der Waals surface area contributed by atoms with Gasteiger partial charge >= 0.3 is 0 Å². The second kappa shape index (κ2) is 11.5. The molecule has 17 heteroatoms. The zero-order valence-corrected chi connectivity index (χ0v) is 23.2. The van der Waals surface area contributed by atoms with Gasteiger partial charge in [-0.05, 0) is 31.9 Å². The third-order valence-corrected chi connectivity index (χ3v) is 8.08. The number of methoxy groups -OCH3 is 1. The minimum atomic E-state index is -4.22. The molecule has 2 heterocycles. The molecule has 1 saturated carbocycles. The van der Waals surface area contributed by atoms with E-state index in [1.54, 1.807) is 6.92 Å². The Labute approximate surface area is 236 Å². The molecule has 12 nitrogen and oxygen atoms in total. The van der Waals surface area contributed by atoms with Crippen LogP contribution in [0.25, 0.3) is 0 Å². The van der Waals surface area contributed by atoms with Crippen LogP contribution in [0.2, 0.25) is 10.0 Å². The van der Waals surface area contributed by atoms with E-state index in [0.29, 0.717) is 5.01 Å². The largest absolute Gasteiger partial charge is 0.465 e. The molecule has 0 atom stereocenters. The number of halogens is 4. The Hall–Kier alpha value is -2.95. The number of ether oxygens (including phenoxy) is 3. The van der Waals surface area contributed by atoms with Gasteiger partial charge in [-0.25, -0.2) is 26.9 Å². The molecule has 2 N–H and O–H groups in total. The first-order valence-electron chi connectivity index (χ1n) is 11.5. The Bertz CT molecular complexity index is 1460. The quantitative estimate of drug-likeness (QED) is 0.300. The molecule has 1 aromatic carbocycles. The van der Waals surface area contributed by atoms with Gasteiger partial charge in [0.25, 0.3) is 12.3 Å². The van der Waals surface area contributed by atoms with Crippen molar-refractivity contribution in [2.75, 3.05) is 18.9 Å². The Balaban J connectivity index is 1.66. The van der Waals surface area contributed by atoms with Gasteiger partial charge in [0.05, 0.1) is 34.5 Å². The predicted octanol–water partition coefficient (Wildman–Crippen LogP) is 3.28. The van der Waals surface area contributed by atoms with Crippen LogP contribution in [-0.2, 0) is 24.3 Å². The summed E-state index contributed by atoms with van der Waals surface area (Å²) in [6, 6.07) is 3.34. The summed E-state index contributed by atoms with van der Waals surface area (Å²) in [5.41, 5.74) is -2.08. The fourth-order valence-corrected chi connectivity index (χ4v) is 6.22. The lowest BCUT2D eigenvalue weighted by molar-refractivity contribution is -0.124. The Morgan fingerprint density at radius 1 is 1.23 bits per heavy atom. The fourth-order valence-electron chi connectivity index (χ4n) is 4.11. The number of aliphatic hydroxyl groups excluding tert-OH is 1. The van der Waals surface area contributed by atoms with E-state index in [9.17, 15) is 31.9 Å². The van der Waals surface area contributed by atoms with Crippen LogP contribution < -0.4 is 19.2 Å². The van der Waals surface area contributed by atoms with Crippen LogP contribution in [0.15, 0.2) is 34.4 Å². The maximum atomic E-state index is 13.2. The molecule has 4 rings (SSSR count). The Kier molecular flexibility index (Phi) is 8.63. The van der Waals surface area contributed by atoms with Crippen LogP contribution in [0, 0.1) is 0 Å². The van der Waals surface area contributed by atoms with Crippen molar-refractivity contribution in [1.82, 2.24) is 9.71 Å². The van der Waals surface area contributed by atoms with Crippen molar-refractivity contribution in [3.8, 4) is 17.4 Å². The number of rotatable bonds is 10. The van der Waals surface area contributed by atoms with Crippen molar-refractivity contribution >= 4 is 56.3 Å². The monoisotopic (exact) mass is 622 g/mol. The van der Waals surface area contributed by atoms with E-state index in [4.69, 9.17) is 37.4 Å². The van der Waals surface area contributed by atoms with E-state index >= 15 is 0 Å². The molecule has 0 unspecified atom stereocenters. The number of sulfonamides is 1. The molecule has 0 bridgehead atoms. The number of hydrazone groups is 1. The molecule has 2 aliphatic rings. The Morgan fingerprint density at radius 2 is 1.88 bits per heavy atom. The summed E-state index contributed by atoms with van der Waals surface area (Å²) >= 11 is 12.6. The SMILES string of the molecule is COCOc1cnc(Oc2c(Cl)cc(N3N=C(C(F)F)C(=O)CC3=O)cc2Cl)cc1S(=O)(=O)NC1(C)CC(O)C1. The second-order valence-electron chi connectivity index (χ2n) is 9.18. The number of amides is 1. The first-order valence-corrected chi connectivity index (χ1v) is 13.7. The van der Waals surface area contributed by atoms with E-state index in [-0.39, 0.29) is 57.6 Å². The van der Waals surface area contributed by atoms with Crippen LogP contribution >= 0.6 is 23.2 Å². The number of aromatic nitrogens is 1. The second-order valence-corrected chi connectivity index (χ2v) is 11.6. The number of carbonyl (C=O) groups excluding carboxylic acids is 2. The van der Waals surface area contributed by atoms with Crippen LogP contribution in [0.4, 0.5) is 14.5 Å². The van der Waals surface area contributed by atoms with Crippen molar-refractivity contribution in [2.45, 2.75) is 49.2 Å². The summed E-state index contributed by atoms with van der Waals surface area (Å²) in [6.45, 7) is 1.36. The van der Waals surface area contributed by atoms with Gasteiger partial charge in [-0.3, -0.25) is 9.59 Å². The molecular formula is C23H22Cl2F2N4O8S. The summed E-state index contributed by atoms with van der Waals surface area (Å²) in [7, 11) is -2.87. The van der Waals surface area contributed by atoms with Gasteiger partial charge in [0.15, 0.2) is 29.8 Å². The topological polar surface area (TPSA) is 157 Å². The zero-order valence-electron chi connectivity index (χ0n) is 20.9. The lowest BCUT2D eigenvalue weighted by Gasteiger charge is -2.42. The zero-order chi connectivity index (χ0) is 29.4. The van der Waals surface area contributed by atoms with Gasteiger partial charge in [0, 0.05) is 18.7 Å². The van der Waals surface area contributed by atoms with E-state index < -0.39 is 51.9 Å². The standard InChI is InChI=1S/C23H22Cl2F2N4O8S/c1-23(7-12(32)8-23)30-40(35,36)17-6-18(28-9-16(17)38-10-37-2)39-21-13(24)3-11(4-14(21)25)31-19(34)5-15(33)20(29-31)22(26)27/h3-4,6,9,12,22,30,32H,5,7-8,10H2,1-2H3. The molecule has 1 amide bonds. The highest BCUT2D eigenvalue weighted by Crippen LogP contribution is 2.41. The normalized spacial score (nSPS) is 21.4.